The summed E-state index contributed by atoms with van der Waals surface area (Å²) >= 11 is 1.57. The molecule has 2 aromatic carbocycles. The molecule has 0 atom stereocenters. The molecule has 144 valence electrons. The van der Waals surface area contributed by atoms with E-state index >= 15 is 0 Å². The largest absolute Gasteiger partial charge is 0.497 e. The van der Waals surface area contributed by atoms with Gasteiger partial charge >= 0.3 is 0 Å². The second-order valence-corrected chi connectivity index (χ2v) is 7.18. The second kappa shape index (κ2) is 8.24. The molecule has 0 aliphatic heterocycles. The molecular formula is C23H17FN2O2S. The van der Waals surface area contributed by atoms with Crippen LogP contribution in [-0.4, -0.2) is 22.7 Å². The van der Waals surface area contributed by atoms with E-state index in [2.05, 4.69) is 5.10 Å². The van der Waals surface area contributed by atoms with E-state index in [9.17, 15) is 9.18 Å². The zero-order chi connectivity index (χ0) is 20.2. The zero-order valence-electron chi connectivity index (χ0n) is 15.6. The molecule has 0 aliphatic rings. The molecule has 0 unspecified atom stereocenters. The summed E-state index contributed by atoms with van der Waals surface area (Å²) in [5, 5.41) is 6.66. The fourth-order valence-corrected chi connectivity index (χ4v) is 3.64. The van der Waals surface area contributed by atoms with Crippen molar-refractivity contribution >= 4 is 23.2 Å². The normalized spacial score (nSPS) is 11.1. The number of methoxy groups -OCH3 is 1. The van der Waals surface area contributed by atoms with Gasteiger partial charge in [-0.25, -0.2) is 9.07 Å². The summed E-state index contributed by atoms with van der Waals surface area (Å²) in [7, 11) is 1.45. The average Bonchev–Trinajstić information content (AvgIpc) is 3.42. The average molecular weight is 404 g/mol. The summed E-state index contributed by atoms with van der Waals surface area (Å²) in [5.74, 6) is -0.667. The van der Waals surface area contributed by atoms with Gasteiger partial charge < -0.3 is 4.74 Å². The number of ketones is 1. The highest BCUT2D eigenvalue weighted by Gasteiger charge is 2.13. The first-order valence-electron chi connectivity index (χ1n) is 8.90. The Bertz CT molecular complexity index is 1170. The number of ether oxygens (including phenoxy) is 1. The predicted octanol–water partition coefficient (Wildman–Crippen LogP) is 5.64. The number of hydrogen-bond donors (Lipinski definition) is 0. The number of allylic oxidation sites excluding steroid dienone is 1. The number of benzene rings is 2. The third-order valence-corrected chi connectivity index (χ3v) is 5.25. The van der Waals surface area contributed by atoms with E-state index in [1.54, 1.807) is 28.2 Å². The first-order valence-corrected chi connectivity index (χ1v) is 9.78. The number of thiophene rings is 1. The summed E-state index contributed by atoms with van der Waals surface area (Å²) < 4.78 is 20.9. The monoisotopic (exact) mass is 404 g/mol. The van der Waals surface area contributed by atoms with Crippen molar-refractivity contribution in [3.05, 3.63) is 95.3 Å². The van der Waals surface area contributed by atoms with Crippen LogP contribution in [0.5, 0.6) is 5.75 Å². The molecule has 0 N–H and O–H groups in total. The molecule has 0 amide bonds. The van der Waals surface area contributed by atoms with E-state index < -0.39 is 11.6 Å². The van der Waals surface area contributed by atoms with Crippen molar-refractivity contribution in [3.63, 3.8) is 0 Å². The van der Waals surface area contributed by atoms with Crippen molar-refractivity contribution < 1.29 is 13.9 Å². The van der Waals surface area contributed by atoms with Gasteiger partial charge in [-0.15, -0.1) is 11.3 Å². The third-order valence-electron chi connectivity index (χ3n) is 4.37. The molecule has 29 heavy (non-hydrogen) atoms. The van der Waals surface area contributed by atoms with Crippen LogP contribution in [0.4, 0.5) is 4.39 Å². The maximum absolute atomic E-state index is 14.2. The van der Waals surface area contributed by atoms with E-state index in [-0.39, 0.29) is 5.56 Å². The van der Waals surface area contributed by atoms with Crippen molar-refractivity contribution in [1.29, 1.82) is 0 Å². The lowest BCUT2D eigenvalue weighted by molar-refractivity contribution is 0.104. The van der Waals surface area contributed by atoms with Gasteiger partial charge in [0.1, 0.15) is 17.3 Å². The molecule has 4 aromatic rings. The van der Waals surface area contributed by atoms with E-state index in [1.807, 2.05) is 54.0 Å². The van der Waals surface area contributed by atoms with Gasteiger partial charge in [0.25, 0.3) is 0 Å². The van der Waals surface area contributed by atoms with Gasteiger partial charge in [-0.05, 0) is 47.9 Å². The van der Waals surface area contributed by atoms with Crippen LogP contribution in [0.15, 0.2) is 78.3 Å². The van der Waals surface area contributed by atoms with E-state index in [0.717, 1.165) is 21.8 Å². The second-order valence-electron chi connectivity index (χ2n) is 6.23. The molecule has 4 nitrogen and oxygen atoms in total. The lowest BCUT2D eigenvalue weighted by atomic mass is 10.1. The Morgan fingerprint density at radius 2 is 1.97 bits per heavy atom. The number of carbonyl (C=O) groups is 1. The summed E-state index contributed by atoms with van der Waals surface area (Å²) in [6.45, 7) is 0. The first kappa shape index (κ1) is 18.8. The molecule has 4 rings (SSSR count). The molecule has 0 aliphatic carbocycles. The topological polar surface area (TPSA) is 44.1 Å². The van der Waals surface area contributed by atoms with Crippen molar-refractivity contribution in [1.82, 2.24) is 9.78 Å². The van der Waals surface area contributed by atoms with E-state index in [1.165, 1.54) is 25.3 Å². The number of hydrogen-bond acceptors (Lipinski definition) is 4. The van der Waals surface area contributed by atoms with Gasteiger partial charge in [0, 0.05) is 17.8 Å². The Morgan fingerprint density at radius 3 is 2.66 bits per heavy atom. The molecule has 0 radical (unpaired) electrons. The van der Waals surface area contributed by atoms with Gasteiger partial charge in [-0.3, -0.25) is 4.79 Å². The molecule has 0 bridgehead atoms. The lowest BCUT2D eigenvalue weighted by Gasteiger charge is -2.02. The number of para-hydroxylation sites is 1. The molecule has 2 aromatic heterocycles. The molecule has 0 saturated carbocycles. The van der Waals surface area contributed by atoms with Gasteiger partial charge in [0.2, 0.25) is 0 Å². The predicted molar refractivity (Wildman–Crippen MR) is 113 cm³/mol. The van der Waals surface area contributed by atoms with Crippen LogP contribution < -0.4 is 4.74 Å². The van der Waals surface area contributed by atoms with Crippen LogP contribution in [-0.2, 0) is 0 Å². The SMILES string of the molecule is COc1ccc(C(=O)C=Cc2cn(-c3ccccc3)nc2-c2cccs2)c(F)c1. The molecule has 0 saturated heterocycles. The van der Waals surface area contributed by atoms with Gasteiger partial charge in [-0.2, -0.15) is 5.10 Å². The highest BCUT2D eigenvalue weighted by Crippen LogP contribution is 2.29. The maximum atomic E-state index is 14.2. The number of carbonyl (C=O) groups excluding carboxylic acids is 1. The number of rotatable bonds is 6. The van der Waals surface area contributed by atoms with Crippen LogP contribution >= 0.6 is 11.3 Å². The third kappa shape index (κ3) is 4.02. The van der Waals surface area contributed by atoms with Crippen molar-refractivity contribution in [3.8, 4) is 22.0 Å². The highest BCUT2D eigenvalue weighted by molar-refractivity contribution is 7.13. The number of nitrogens with zero attached hydrogens (tertiary/aromatic N) is 2. The Balaban J connectivity index is 1.69. The lowest BCUT2D eigenvalue weighted by Crippen LogP contribution is -1.99. The quantitative estimate of drug-likeness (QED) is 0.308. The van der Waals surface area contributed by atoms with Crippen LogP contribution in [0.25, 0.3) is 22.3 Å². The van der Waals surface area contributed by atoms with Crippen LogP contribution in [0.2, 0.25) is 0 Å². The van der Waals surface area contributed by atoms with Crippen molar-refractivity contribution in [2.45, 2.75) is 0 Å². The van der Waals surface area contributed by atoms with Crippen LogP contribution in [0.1, 0.15) is 15.9 Å². The Hall–Kier alpha value is -3.51. The molecular weight excluding hydrogens is 387 g/mol. The minimum atomic E-state index is -0.613. The fraction of sp³-hybridized carbons (Fsp3) is 0.0435. The maximum Gasteiger partial charge on any atom is 0.188 e. The smallest absolute Gasteiger partial charge is 0.188 e. The summed E-state index contributed by atoms with van der Waals surface area (Å²) in [5.41, 5.74) is 2.45. The van der Waals surface area contributed by atoms with Crippen molar-refractivity contribution in [2.75, 3.05) is 7.11 Å². The molecule has 0 spiro atoms. The number of aromatic nitrogens is 2. The standard InChI is InChI=1S/C23H17FN2O2S/c1-28-18-10-11-19(20(24)14-18)21(27)12-9-16-15-26(17-6-3-2-4-7-17)25-23(16)22-8-5-13-29-22/h2-15H,1H3. The fourth-order valence-electron chi connectivity index (χ4n) is 2.90. The Morgan fingerprint density at radius 1 is 1.14 bits per heavy atom. The van der Waals surface area contributed by atoms with E-state index in [4.69, 9.17) is 4.74 Å². The molecule has 0 fully saturated rings. The minimum Gasteiger partial charge on any atom is -0.497 e. The Labute approximate surface area is 171 Å². The molecule has 6 heteroatoms. The summed E-state index contributed by atoms with van der Waals surface area (Å²) in [6.07, 6.45) is 4.90. The minimum absolute atomic E-state index is 0.00447. The van der Waals surface area contributed by atoms with Gasteiger partial charge in [0.15, 0.2) is 5.78 Å². The van der Waals surface area contributed by atoms with Crippen molar-refractivity contribution in [2.24, 2.45) is 0 Å². The van der Waals surface area contributed by atoms with Crippen LogP contribution in [0.3, 0.4) is 0 Å². The van der Waals surface area contributed by atoms with Gasteiger partial charge in [-0.1, -0.05) is 24.3 Å². The summed E-state index contributed by atoms with van der Waals surface area (Å²) in [6, 6.07) is 17.8. The van der Waals surface area contributed by atoms with Crippen LogP contribution in [0, 0.1) is 5.82 Å². The van der Waals surface area contributed by atoms with Gasteiger partial charge in [0.05, 0.1) is 23.2 Å². The summed E-state index contributed by atoms with van der Waals surface area (Å²) in [4.78, 5) is 13.5. The zero-order valence-corrected chi connectivity index (χ0v) is 16.4. The first-order chi connectivity index (χ1) is 14.2. The number of halogens is 1. The molecule has 2 heterocycles. The highest BCUT2D eigenvalue weighted by atomic mass is 32.1. The van der Waals surface area contributed by atoms with E-state index in [0.29, 0.717) is 5.75 Å². The Kier molecular flexibility index (Phi) is 5.35.